The van der Waals surface area contributed by atoms with Crippen molar-refractivity contribution in [1.82, 2.24) is 0 Å². The molecule has 0 amide bonds. The second-order valence-corrected chi connectivity index (χ2v) is 5.66. The number of rotatable bonds is 9. The highest BCUT2D eigenvalue weighted by molar-refractivity contribution is 6.32. The molecule has 0 aliphatic carbocycles. The number of hydrogen-bond donors (Lipinski definition) is 1. The summed E-state index contributed by atoms with van der Waals surface area (Å²) in [5, 5.41) is 2.75. The maximum atomic E-state index is 6.31. The minimum absolute atomic E-state index is 0.388. The zero-order valence-electron chi connectivity index (χ0n) is 14.0. The lowest BCUT2D eigenvalue weighted by Gasteiger charge is -2.13. The van der Waals surface area contributed by atoms with Crippen LogP contribution in [0.4, 0.5) is 0 Å². The number of quaternary nitrogens is 1. The van der Waals surface area contributed by atoms with Gasteiger partial charge in [-0.2, -0.15) is 0 Å². The maximum absolute atomic E-state index is 6.31. The predicted molar refractivity (Wildman–Crippen MR) is 96.0 cm³/mol. The second-order valence-electron chi connectivity index (χ2n) is 5.25. The standard InChI is InChI=1S/C19H22ClNO3/c1-4-9-24-19-17(20)10-15(11-18(19)23-3)13-21-12-14-5-7-16(22-2)8-6-14/h4-8,10-11,21H,1,9,12-13H2,2-3H3/p+1. The minimum Gasteiger partial charge on any atom is -0.497 e. The summed E-state index contributed by atoms with van der Waals surface area (Å²) in [5.41, 5.74) is 2.32. The second kappa shape index (κ2) is 9.21. The van der Waals surface area contributed by atoms with Crippen molar-refractivity contribution in [1.29, 1.82) is 0 Å². The Labute approximate surface area is 148 Å². The summed E-state index contributed by atoms with van der Waals surface area (Å²) in [5.74, 6) is 2.06. The van der Waals surface area contributed by atoms with Gasteiger partial charge in [0.2, 0.25) is 0 Å². The van der Waals surface area contributed by atoms with Crippen LogP contribution < -0.4 is 19.5 Å². The molecular formula is C19H23ClNO3+. The maximum Gasteiger partial charge on any atom is 0.180 e. The van der Waals surface area contributed by atoms with Crippen molar-refractivity contribution in [2.45, 2.75) is 13.1 Å². The average Bonchev–Trinajstić information content (AvgIpc) is 2.61. The van der Waals surface area contributed by atoms with Gasteiger partial charge in [-0.05, 0) is 36.4 Å². The molecule has 0 heterocycles. The normalized spacial score (nSPS) is 10.3. The lowest BCUT2D eigenvalue weighted by molar-refractivity contribution is -0.686. The van der Waals surface area contributed by atoms with Gasteiger partial charge in [0.05, 0.1) is 19.2 Å². The average molecular weight is 349 g/mol. The van der Waals surface area contributed by atoms with Crippen LogP contribution in [0.1, 0.15) is 11.1 Å². The van der Waals surface area contributed by atoms with E-state index in [0.29, 0.717) is 23.1 Å². The van der Waals surface area contributed by atoms with Crippen molar-refractivity contribution >= 4 is 11.6 Å². The van der Waals surface area contributed by atoms with Gasteiger partial charge in [-0.1, -0.05) is 24.3 Å². The van der Waals surface area contributed by atoms with E-state index >= 15 is 0 Å². The van der Waals surface area contributed by atoms with E-state index in [1.807, 2.05) is 24.3 Å². The topological polar surface area (TPSA) is 44.3 Å². The van der Waals surface area contributed by atoms with Gasteiger partial charge in [-0.25, -0.2) is 0 Å². The third kappa shape index (κ3) is 4.91. The molecule has 0 unspecified atom stereocenters. The summed E-state index contributed by atoms with van der Waals surface area (Å²) in [6, 6.07) is 11.9. The molecule has 0 spiro atoms. The van der Waals surface area contributed by atoms with Gasteiger partial charge in [0.25, 0.3) is 0 Å². The van der Waals surface area contributed by atoms with Crippen LogP contribution in [0.3, 0.4) is 0 Å². The van der Waals surface area contributed by atoms with E-state index in [2.05, 4.69) is 24.0 Å². The number of ether oxygens (including phenoxy) is 3. The van der Waals surface area contributed by atoms with Crippen LogP contribution in [0.25, 0.3) is 0 Å². The Morgan fingerprint density at radius 3 is 2.38 bits per heavy atom. The summed E-state index contributed by atoms with van der Waals surface area (Å²) in [6.07, 6.45) is 1.67. The Morgan fingerprint density at radius 2 is 1.75 bits per heavy atom. The summed E-state index contributed by atoms with van der Waals surface area (Å²) >= 11 is 6.31. The first-order valence-corrected chi connectivity index (χ1v) is 8.10. The molecule has 0 aromatic heterocycles. The van der Waals surface area contributed by atoms with E-state index in [1.54, 1.807) is 20.3 Å². The Morgan fingerprint density at radius 1 is 1.04 bits per heavy atom. The highest BCUT2D eigenvalue weighted by Gasteiger charge is 2.12. The summed E-state index contributed by atoms with van der Waals surface area (Å²) in [4.78, 5) is 0. The molecule has 0 radical (unpaired) electrons. The molecule has 2 aromatic rings. The predicted octanol–water partition coefficient (Wildman–Crippen LogP) is 3.19. The molecule has 0 bridgehead atoms. The zero-order chi connectivity index (χ0) is 17.4. The van der Waals surface area contributed by atoms with Gasteiger partial charge in [0.1, 0.15) is 25.4 Å². The SMILES string of the molecule is C=CCOc1c(Cl)cc(C[NH2+]Cc2ccc(OC)cc2)cc1OC. The number of nitrogens with two attached hydrogens (primary N) is 1. The number of methoxy groups -OCH3 is 2. The molecule has 0 saturated carbocycles. The van der Waals surface area contributed by atoms with Crippen molar-refractivity contribution in [3.63, 3.8) is 0 Å². The van der Waals surface area contributed by atoms with Crippen LogP contribution in [0.15, 0.2) is 49.1 Å². The summed E-state index contributed by atoms with van der Waals surface area (Å²) in [7, 11) is 3.28. The van der Waals surface area contributed by atoms with Crippen molar-refractivity contribution in [2.75, 3.05) is 20.8 Å². The third-order valence-electron chi connectivity index (χ3n) is 3.55. The van der Waals surface area contributed by atoms with E-state index in [-0.39, 0.29) is 0 Å². The fraction of sp³-hybridized carbons (Fsp3) is 0.263. The summed E-state index contributed by atoms with van der Waals surface area (Å²) < 4.78 is 16.1. The van der Waals surface area contributed by atoms with Gasteiger partial charge >= 0.3 is 0 Å². The molecule has 0 aliphatic rings. The van der Waals surface area contributed by atoms with Gasteiger partial charge in [-0.15, -0.1) is 0 Å². The molecule has 2 rings (SSSR count). The van der Waals surface area contributed by atoms with Crippen molar-refractivity contribution in [2.24, 2.45) is 0 Å². The van der Waals surface area contributed by atoms with Crippen molar-refractivity contribution in [3.05, 3.63) is 65.2 Å². The molecule has 0 aliphatic heterocycles. The molecular weight excluding hydrogens is 326 g/mol. The van der Waals surface area contributed by atoms with Gasteiger partial charge in [0, 0.05) is 11.1 Å². The van der Waals surface area contributed by atoms with E-state index in [0.717, 1.165) is 24.4 Å². The Bertz CT molecular complexity index is 671. The van der Waals surface area contributed by atoms with Crippen LogP contribution >= 0.6 is 11.6 Å². The van der Waals surface area contributed by atoms with Gasteiger partial charge in [0.15, 0.2) is 11.5 Å². The Kier molecular flexibility index (Phi) is 6.97. The van der Waals surface area contributed by atoms with Gasteiger partial charge < -0.3 is 19.5 Å². The molecule has 0 saturated heterocycles. The zero-order valence-corrected chi connectivity index (χ0v) is 14.8. The van der Waals surface area contributed by atoms with Gasteiger partial charge in [-0.3, -0.25) is 0 Å². The van der Waals surface area contributed by atoms with E-state index in [4.69, 9.17) is 25.8 Å². The number of benzene rings is 2. The smallest absolute Gasteiger partial charge is 0.180 e. The summed E-state index contributed by atoms with van der Waals surface area (Å²) in [6.45, 7) is 5.69. The highest BCUT2D eigenvalue weighted by atomic mass is 35.5. The van der Waals surface area contributed by atoms with E-state index < -0.39 is 0 Å². The lowest BCUT2D eigenvalue weighted by Crippen LogP contribution is -2.80. The van der Waals surface area contributed by atoms with Crippen LogP contribution in [-0.2, 0) is 13.1 Å². The highest BCUT2D eigenvalue weighted by Crippen LogP contribution is 2.36. The molecule has 24 heavy (non-hydrogen) atoms. The number of hydrogen-bond acceptors (Lipinski definition) is 3. The van der Waals surface area contributed by atoms with Crippen molar-refractivity contribution < 1.29 is 19.5 Å². The molecule has 4 nitrogen and oxygen atoms in total. The molecule has 128 valence electrons. The molecule has 2 aromatic carbocycles. The van der Waals surface area contributed by atoms with Crippen LogP contribution in [0, 0.1) is 0 Å². The van der Waals surface area contributed by atoms with Crippen LogP contribution in [0.2, 0.25) is 5.02 Å². The molecule has 2 N–H and O–H groups in total. The first-order valence-electron chi connectivity index (χ1n) is 7.72. The third-order valence-corrected chi connectivity index (χ3v) is 3.83. The fourth-order valence-electron chi connectivity index (χ4n) is 2.34. The molecule has 0 atom stereocenters. The monoisotopic (exact) mass is 348 g/mol. The van der Waals surface area contributed by atoms with Crippen molar-refractivity contribution in [3.8, 4) is 17.2 Å². The molecule has 0 fully saturated rings. The minimum atomic E-state index is 0.388. The number of halogens is 1. The quantitative estimate of drug-likeness (QED) is 0.708. The van der Waals surface area contributed by atoms with Crippen LogP contribution in [-0.4, -0.2) is 20.8 Å². The molecule has 5 heteroatoms. The lowest BCUT2D eigenvalue weighted by atomic mass is 10.1. The van der Waals surface area contributed by atoms with E-state index in [9.17, 15) is 0 Å². The first kappa shape index (κ1) is 18.2. The van der Waals surface area contributed by atoms with E-state index in [1.165, 1.54) is 5.56 Å². The Balaban J connectivity index is 1.98. The largest absolute Gasteiger partial charge is 0.497 e. The van der Waals surface area contributed by atoms with Crippen LogP contribution in [0.5, 0.6) is 17.2 Å². The Hall–Kier alpha value is -2.17. The first-order chi connectivity index (χ1) is 11.7. The fourth-order valence-corrected chi connectivity index (χ4v) is 2.63.